The molecule has 0 radical (unpaired) electrons. The average molecular weight is 391 g/mol. The first-order valence-electron chi connectivity index (χ1n) is 8.18. The summed E-state index contributed by atoms with van der Waals surface area (Å²) < 4.78 is 4.77. The van der Waals surface area contributed by atoms with Gasteiger partial charge in [0.05, 0.1) is 29.2 Å². The molecule has 3 rings (SSSR count). The van der Waals surface area contributed by atoms with Crippen molar-refractivity contribution in [1.29, 1.82) is 0 Å². The molecular weight excluding hydrogens is 374 g/mol. The number of aromatic nitrogens is 2. The van der Waals surface area contributed by atoms with Crippen LogP contribution in [0.25, 0.3) is 0 Å². The fourth-order valence-electron chi connectivity index (χ4n) is 3.03. The van der Waals surface area contributed by atoms with Gasteiger partial charge in [0, 0.05) is 25.2 Å². The molecule has 1 atom stereocenters. The molecule has 142 valence electrons. The lowest BCUT2D eigenvalue weighted by molar-refractivity contribution is -0.384. The number of carbonyl (C=O) groups is 2. The summed E-state index contributed by atoms with van der Waals surface area (Å²) in [5.41, 5.74) is 1.96. The number of non-ortho nitro benzene ring substituents is 1. The Labute approximate surface area is 158 Å². The first kappa shape index (κ1) is 18.7. The second-order valence-corrected chi connectivity index (χ2v) is 6.80. The molecule has 1 amide bonds. The number of nitrogens with zero attached hydrogens (tertiary/aromatic N) is 4. The van der Waals surface area contributed by atoms with Crippen LogP contribution in [0.3, 0.4) is 0 Å². The number of methoxy groups -OCH3 is 1. The number of nitrogens with one attached hydrogen (secondary N) is 1. The smallest absolute Gasteiger partial charge is 0.340 e. The molecule has 11 heteroatoms. The highest BCUT2D eigenvalue weighted by Gasteiger charge is 2.29. The number of piperidine rings is 1. The first-order valence-corrected chi connectivity index (χ1v) is 9.06. The lowest BCUT2D eigenvalue weighted by atomic mass is 9.96. The zero-order valence-corrected chi connectivity index (χ0v) is 15.3. The predicted octanol–water partition coefficient (Wildman–Crippen LogP) is 2.09. The van der Waals surface area contributed by atoms with E-state index in [-0.39, 0.29) is 23.1 Å². The molecule has 1 aromatic heterocycles. The van der Waals surface area contributed by atoms with Crippen molar-refractivity contribution in [3.05, 3.63) is 39.4 Å². The summed E-state index contributed by atoms with van der Waals surface area (Å²) in [6.07, 6.45) is 1.44. The summed E-state index contributed by atoms with van der Waals surface area (Å²) in [7, 11) is 1.22. The van der Waals surface area contributed by atoms with Gasteiger partial charge in [0.1, 0.15) is 5.51 Å². The van der Waals surface area contributed by atoms with Gasteiger partial charge in [-0.1, -0.05) is 11.3 Å². The number of ether oxygens (including phenoxy) is 1. The summed E-state index contributed by atoms with van der Waals surface area (Å²) in [4.78, 5) is 36.9. The number of nitro benzene ring substituents is 1. The van der Waals surface area contributed by atoms with E-state index in [1.165, 1.54) is 42.2 Å². The van der Waals surface area contributed by atoms with Gasteiger partial charge in [0.15, 0.2) is 0 Å². The van der Waals surface area contributed by atoms with E-state index in [0.717, 1.165) is 6.42 Å². The number of anilines is 2. The van der Waals surface area contributed by atoms with Gasteiger partial charge in [0.2, 0.25) is 11.0 Å². The van der Waals surface area contributed by atoms with Crippen LogP contribution in [-0.4, -0.2) is 47.2 Å². The summed E-state index contributed by atoms with van der Waals surface area (Å²) in [5, 5.41) is 21.7. The Kier molecular flexibility index (Phi) is 5.60. The van der Waals surface area contributed by atoms with Crippen molar-refractivity contribution < 1.29 is 19.2 Å². The van der Waals surface area contributed by atoms with Crippen molar-refractivity contribution in [2.45, 2.75) is 12.8 Å². The molecule has 1 N–H and O–H groups in total. The molecule has 1 fully saturated rings. The Hall–Kier alpha value is -3.08. The highest BCUT2D eigenvalue weighted by molar-refractivity contribution is 7.13. The molecule has 1 saturated heterocycles. The summed E-state index contributed by atoms with van der Waals surface area (Å²) in [6, 6.07) is 4.06. The van der Waals surface area contributed by atoms with Gasteiger partial charge in [0.25, 0.3) is 5.69 Å². The quantitative estimate of drug-likeness (QED) is 0.466. The van der Waals surface area contributed by atoms with E-state index >= 15 is 0 Å². The second-order valence-electron chi connectivity index (χ2n) is 5.97. The van der Waals surface area contributed by atoms with Crippen LogP contribution in [0.1, 0.15) is 23.2 Å². The third-order valence-electron chi connectivity index (χ3n) is 4.32. The van der Waals surface area contributed by atoms with E-state index in [9.17, 15) is 19.7 Å². The third kappa shape index (κ3) is 4.19. The molecule has 0 saturated carbocycles. The number of rotatable bonds is 5. The Morgan fingerprint density at radius 2 is 2.26 bits per heavy atom. The normalized spacial score (nSPS) is 16.6. The van der Waals surface area contributed by atoms with Crippen LogP contribution in [-0.2, 0) is 9.53 Å². The zero-order valence-electron chi connectivity index (χ0n) is 14.5. The van der Waals surface area contributed by atoms with Crippen LogP contribution in [0.2, 0.25) is 0 Å². The van der Waals surface area contributed by atoms with Crippen molar-refractivity contribution in [1.82, 2.24) is 10.2 Å². The zero-order chi connectivity index (χ0) is 19.4. The molecule has 0 spiro atoms. The van der Waals surface area contributed by atoms with Crippen LogP contribution in [0.15, 0.2) is 23.7 Å². The van der Waals surface area contributed by atoms with Crippen LogP contribution in [0, 0.1) is 16.0 Å². The Morgan fingerprint density at radius 3 is 2.93 bits per heavy atom. The number of hydrogen-bond donors (Lipinski definition) is 1. The lowest BCUT2D eigenvalue weighted by Crippen LogP contribution is -2.41. The largest absolute Gasteiger partial charge is 0.465 e. The van der Waals surface area contributed by atoms with E-state index in [1.807, 2.05) is 4.90 Å². The Morgan fingerprint density at radius 1 is 1.44 bits per heavy atom. The van der Waals surface area contributed by atoms with Crippen molar-refractivity contribution in [2.24, 2.45) is 5.92 Å². The van der Waals surface area contributed by atoms with Crippen molar-refractivity contribution in [3.8, 4) is 0 Å². The maximum Gasteiger partial charge on any atom is 0.340 e. The van der Waals surface area contributed by atoms with Gasteiger partial charge in [-0.25, -0.2) is 4.79 Å². The summed E-state index contributed by atoms with van der Waals surface area (Å²) >= 11 is 1.23. The first-order chi connectivity index (χ1) is 13.0. The molecule has 2 heterocycles. The number of amides is 1. The molecule has 27 heavy (non-hydrogen) atoms. The number of nitro groups is 1. The second kappa shape index (κ2) is 8.08. The molecule has 0 aliphatic carbocycles. The van der Waals surface area contributed by atoms with E-state index in [0.29, 0.717) is 30.3 Å². The monoisotopic (exact) mass is 391 g/mol. The minimum Gasteiger partial charge on any atom is -0.465 e. The summed E-state index contributed by atoms with van der Waals surface area (Å²) in [6.45, 7) is 1.01. The Balaban J connectivity index is 1.81. The average Bonchev–Trinajstić information content (AvgIpc) is 3.20. The third-order valence-corrected chi connectivity index (χ3v) is 4.93. The standard InChI is InChI=1S/C16H17N5O5S/c1-26-15(23)12-7-11(21(24)25)4-5-13(12)20-6-2-3-10(8-20)14(22)18-16-19-17-9-27-16/h4-5,7,9-10H,2-3,6,8H2,1H3,(H,18,19,22). The lowest BCUT2D eigenvalue weighted by Gasteiger charge is -2.34. The molecule has 1 aliphatic heterocycles. The SMILES string of the molecule is COC(=O)c1cc([N+](=O)[O-])ccc1N1CCCC(C(=O)Nc2nncs2)C1. The van der Waals surface area contributed by atoms with Gasteiger partial charge in [-0.05, 0) is 18.9 Å². The fourth-order valence-corrected chi connectivity index (χ4v) is 3.48. The van der Waals surface area contributed by atoms with E-state index < -0.39 is 10.9 Å². The Bertz CT molecular complexity index is 857. The topological polar surface area (TPSA) is 128 Å². The molecular formula is C16H17N5O5S. The number of benzene rings is 1. The fraction of sp³-hybridized carbons (Fsp3) is 0.375. The molecule has 1 aromatic carbocycles. The van der Waals surface area contributed by atoms with Gasteiger partial charge in [-0.15, -0.1) is 10.2 Å². The van der Waals surface area contributed by atoms with Gasteiger partial charge < -0.3 is 15.0 Å². The molecule has 10 nitrogen and oxygen atoms in total. The minimum absolute atomic E-state index is 0.108. The number of carbonyl (C=O) groups excluding carboxylic acids is 2. The van der Waals surface area contributed by atoms with Gasteiger partial charge in [-0.2, -0.15) is 0 Å². The number of hydrogen-bond acceptors (Lipinski definition) is 9. The highest BCUT2D eigenvalue weighted by Crippen LogP contribution is 2.30. The molecule has 1 aliphatic rings. The van der Waals surface area contributed by atoms with E-state index in [2.05, 4.69) is 15.5 Å². The van der Waals surface area contributed by atoms with E-state index in [4.69, 9.17) is 4.74 Å². The van der Waals surface area contributed by atoms with Crippen molar-refractivity contribution >= 4 is 39.7 Å². The van der Waals surface area contributed by atoms with E-state index in [1.54, 1.807) is 0 Å². The van der Waals surface area contributed by atoms with Crippen LogP contribution < -0.4 is 10.2 Å². The molecule has 2 aromatic rings. The maximum absolute atomic E-state index is 12.5. The predicted molar refractivity (Wildman–Crippen MR) is 97.9 cm³/mol. The highest BCUT2D eigenvalue weighted by atomic mass is 32.1. The van der Waals surface area contributed by atoms with Gasteiger partial charge in [-0.3, -0.25) is 14.9 Å². The summed E-state index contributed by atoms with van der Waals surface area (Å²) in [5.74, 6) is -1.13. The van der Waals surface area contributed by atoms with Crippen molar-refractivity contribution in [3.63, 3.8) is 0 Å². The number of esters is 1. The van der Waals surface area contributed by atoms with Crippen molar-refractivity contribution in [2.75, 3.05) is 30.4 Å². The van der Waals surface area contributed by atoms with Crippen LogP contribution in [0.4, 0.5) is 16.5 Å². The minimum atomic E-state index is -0.658. The van der Waals surface area contributed by atoms with Crippen LogP contribution >= 0.6 is 11.3 Å². The van der Waals surface area contributed by atoms with Crippen LogP contribution in [0.5, 0.6) is 0 Å². The van der Waals surface area contributed by atoms with Gasteiger partial charge >= 0.3 is 5.97 Å². The maximum atomic E-state index is 12.5. The molecule has 1 unspecified atom stereocenters. The molecule has 0 bridgehead atoms.